The van der Waals surface area contributed by atoms with Crippen LogP contribution in [0, 0.1) is 17.8 Å². The molecule has 0 saturated heterocycles. The number of benzene rings is 3. The molecule has 0 heterocycles. The van der Waals surface area contributed by atoms with Crippen LogP contribution in [0.2, 0.25) is 19.6 Å². The van der Waals surface area contributed by atoms with Crippen LogP contribution in [0.15, 0.2) is 78.9 Å². The highest BCUT2D eigenvalue weighted by Crippen LogP contribution is 2.55. The minimum Gasteiger partial charge on any atom is -0.497 e. The fraction of sp³-hybridized carbons (Fsp3) is 0.438. The molecule has 1 aliphatic carbocycles. The van der Waals surface area contributed by atoms with Gasteiger partial charge in [-0.15, -0.1) is 0 Å². The van der Waals surface area contributed by atoms with Crippen LogP contribution >= 0.6 is 0 Å². The van der Waals surface area contributed by atoms with Gasteiger partial charge in [0.05, 0.1) is 12.7 Å². The highest BCUT2D eigenvalue weighted by atomic mass is 28.4. The second-order valence-corrected chi connectivity index (χ2v) is 15.9. The highest BCUT2D eigenvalue weighted by Gasteiger charge is 2.52. The fourth-order valence-electron chi connectivity index (χ4n) is 5.96. The third-order valence-corrected chi connectivity index (χ3v) is 8.98. The molecule has 0 amide bonds. The van der Waals surface area contributed by atoms with Crippen LogP contribution in [0.25, 0.3) is 0 Å². The van der Waals surface area contributed by atoms with Gasteiger partial charge in [0.1, 0.15) is 17.2 Å². The lowest BCUT2D eigenvalue weighted by atomic mass is 9.56. The zero-order valence-corrected chi connectivity index (χ0v) is 24.1. The topological polar surface area (TPSA) is 47.9 Å². The van der Waals surface area contributed by atoms with Gasteiger partial charge in [0.25, 0.3) is 0 Å². The molecule has 0 spiro atoms. The van der Waals surface area contributed by atoms with Gasteiger partial charge in [0, 0.05) is 12.5 Å². The Morgan fingerprint density at radius 2 is 1.46 bits per heavy atom. The van der Waals surface area contributed by atoms with Gasteiger partial charge in [-0.05, 0) is 91.3 Å². The van der Waals surface area contributed by atoms with Crippen LogP contribution in [0.3, 0.4) is 0 Å². The molecule has 0 radical (unpaired) electrons. The third-order valence-electron chi connectivity index (χ3n) is 7.94. The molecule has 3 aromatic rings. The van der Waals surface area contributed by atoms with E-state index in [0.29, 0.717) is 24.9 Å². The van der Waals surface area contributed by atoms with Gasteiger partial charge in [0.15, 0.2) is 8.32 Å². The maximum Gasteiger partial charge on any atom is 0.183 e. The minimum absolute atomic E-state index is 0.0465. The lowest BCUT2D eigenvalue weighted by Crippen LogP contribution is -2.49. The molecular weight excluding hydrogens is 476 g/mol. The molecule has 0 aliphatic heterocycles. The van der Waals surface area contributed by atoms with Crippen LogP contribution in [0.5, 0.6) is 17.2 Å². The lowest BCUT2D eigenvalue weighted by molar-refractivity contribution is -0.0964. The van der Waals surface area contributed by atoms with Gasteiger partial charge in [-0.2, -0.15) is 0 Å². The van der Waals surface area contributed by atoms with E-state index in [0.717, 1.165) is 34.8 Å². The van der Waals surface area contributed by atoms with E-state index in [1.165, 1.54) is 0 Å². The number of ether oxygens (including phenoxy) is 2. The summed E-state index contributed by atoms with van der Waals surface area (Å²) in [6.45, 7) is 12.0. The van der Waals surface area contributed by atoms with Crippen molar-refractivity contribution in [2.24, 2.45) is 17.8 Å². The van der Waals surface area contributed by atoms with Gasteiger partial charge >= 0.3 is 0 Å². The van der Waals surface area contributed by atoms with E-state index in [1.807, 2.05) is 66.7 Å². The smallest absolute Gasteiger partial charge is 0.183 e. The zero-order chi connectivity index (χ0) is 26.6. The van der Waals surface area contributed by atoms with E-state index in [-0.39, 0.29) is 11.8 Å². The summed E-state index contributed by atoms with van der Waals surface area (Å²) in [5, 5.41) is 12.6. The first-order valence-corrected chi connectivity index (χ1v) is 16.9. The Morgan fingerprint density at radius 3 is 2.03 bits per heavy atom. The van der Waals surface area contributed by atoms with Gasteiger partial charge in [-0.1, -0.05) is 62.7 Å². The van der Waals surface area contributed by atoms with Crippen molar-refractivity contribution in [2.75, 3.05) is 13.7 Å². The summed E-state index contributed by atoms with van der Waals surface area (Å²) in [4.78, 5) is 0. The van der Waals surface area contributed by atoms with Crippen LogP contribution in [0.1, 0.15) is 43.7 Å². The first-order valence-electron chi connectivity index (χ1n) is 13.5. The van der Waals surface area contributed by atoms with Crippen molar-refractivity contribution < 1.29 is 19.0 Å². The summed E-state index contributed by atoms with van der Waals surface area (Å²) >= 11 is 0. The quantitative estimate of drug-likeness (QED) is 0.292. The molecule has 3 aromatic carbocycles. The second kappa shape index (κ2) is 11.4. The third kappa shape index (κ3) is 6.28. The van der Waals surface area contributed by atoms with E-state index in [4.69, 9.17) is 13.9 Å². The number of rotatable bonds is 9. The summed E-state index contributed by atoms with van der Waals surface area (Å²) in [5.74, 6) is 3.35. The molecule has 37 heavy (non-hydrogen) atoms. The molecule has 1 fully saturated rings. The molecular formula is C32H42O4Si. The molecule has 0 aromatic heterocycles. The largest absolute Gasteiger partial charge is 0.497 e. The molecule has 5 heteroatoms. The summed E-state index contributed by atoms with van der Waals surface area (Å²) in [7, 11) is -0.00123. The Bertz CT molecular complexity index is 1120. The molecule has 1 aliphatic rings. The average Bonchev–Trinajstić information content (AvgIpc) is 2.89. The van der Waals surface area contributed by atoms with E-state index in [2.05, 4.69) is 45.6 Å². The van der Waals surface area contributed by atoms with Crippen molar-refractivity contribution in [3.8, 4) is 17.2 Å². The predicted molar refractivity (Wildman–Crippen MR) is 153 cm³/mol. The van der Waals surface area contributed by atoms with Crippen molar-refractivity contribution in [1.29, 1.82) is 0 Å². The standard InChI is InChI=1S/C32H42O4Si/c1-7-30-23(2)25(22-35-37(4,5)6)21-32(33,26-15-19-27(34-3)20-16-26)31(30)24-13-17-29(18-14-24)36-28-11-9-8-10-12-28/h8-20,23,25,30-31,33H,7,21-22H2,1-6H3. The van der Waals surface area contributed by atoms with Crippen molar-refractivity contribution in [3.05, 3.63) is 90.0 Å². The van der Waals surface area contributed by atoms with E-state index in [1.54, 1.807) is 7.11 Å². The van der Waals surface area contributed by atoms with E-state index in [9.17, 15) is 5.11 Å². The second-order valence-electron chi connectivity index (χ2n) is 11.4. The van der Waals surface area contributed by atoms with Crippen LogP contribution in [0.4, 0.5) is 0 Å². The first-order chi connectivity index (χ1) is 17.6. The molecule has 5 atom stereocenters. The number of para-hydroxylation sites is 1. The molecule has 198 valence electrons. The number of aliphatic hydroxyl groups is 1. The Morgan fingerprint density at radius 1 is 0.865 bits per heavy atom. The van der Waals surface area contributed by atoms with Gasteiger partial charge in [-0.25, -0.2) is 0 Å². The van der Waals surface area contributed by atoms with Crippen LogP contribution in [-0.2, 0) is 10.0 Å². The van der Waals surface area contributed by atoms with Gasteiger partial charge < -0.3 is 19.0 Å². The Hall–Kier alpha value is -2.60. The molecule has 1 saturated carbocycles. The number of methoxy groups -OCH3 is 1. The Labute approximate surface area is 223 Å². The average molecular weight is 519 g/mol. The molecule has 5 unspecified atom stereocenters. The predicted octanol–water partition coefficient (Wildman–Crippen LogP) is 7.99. The van der Waals surface area contributed by atoms with Gasteiger partial charge in [-0.3, -0.25) is 0 Å². The maximum atomic E-state index is 12.6. The zero-order valence-electron chi connectivity index (χ0n) is 23.1. The highest BCUT2D eigenvalue weighted by molar-refractivity contribution is 6.69. The summed E-state index contributed by atoms with van der Waals surface area (Å²) in [6.07, 6.45) is 1.64. The fourth-order valence-corrected chi connectivity index (χ4v) is 6.68. The SMILES string of the molecule is CCC1C(C)C(CO[Si](C)(C)C)CC(O)(c2ccc(OC)cc2)C1c1ccc(Oc2ccccc2)cc1. The van der Waals surface area contributed by atoms with Crippen LogP contribution < -0.4 is 9.47 Å². The van der Waals surface area contributed by atoms with E-state index < -0.39 is 13.9 Å². The summed E-state index contributed by atoms with van der Waals surface area (Å²) in [6, 6.07) is 26.1. The lowest BCUT2D eigenvalue weighted by Gasteiger charge is -2.52. The molecule has 4 nitrogen and oxygen atoms in total. The van der Waals surface area contributed by atoms with Crippen molar-refractivity contribution >= 4 is 8.32 Å². The molecule has 0 bridgehead atoms. The number of hydrogen-bond acceptors (Lipinski definition) is 4. The monoisotopic (exact) mass is 518 g/mol. The maximum absolute atomic E-state index is 12.6. The van der Waals surface area contributed by atoms with Crippen molar-refractivity contribution in [1.82, 2.24) is 0 Å². The molecule has 4 rings (SSSR count). The number of hydrogen-bond donors (Lipinski definition) is 1. The Kier molecular flexibility index (Phi) is 8.47. The Balaban J connectivity index is 1.71. The van der Waals surface area contributed by atoms with E-state index >= 15 is 0 Å². The first kappa shape index (κ1) is 27.4. The van der Waals surface area contributed by atoms with Crippen LogP contribution in [-0.4, -0.2) is 27.1 Å². The normalized spacial score (nSPS) is 26.0. The van der Waals surface area contributed by atoms with Gasteiger partial charge in [0.2, 0.25) is 0 Å². The summed E-state index contributed by atoms with van der Waals surface area (Å²) in [5.41, 5.74) is 1.06. The van der Waals surface area contributed by atoms with Crippen molar-refractivity contribution in [2.45, 2.75) is 57.8 Å². The van der Waals surface area contributed by atoms with Crippen molar-refractivity contribution in [3.63, 3.8) is 0 Å². The summed E-state index contributed by atoms with van der Waals surface area (Å²) < 4.78 is 17.9. The molecule has 1 N–H and O–H groups in total. The minimum atomic E-state index is -1.67.